The van der Waals surface area contributed by atoms with Gasteiger partial charge in [-0.05, 0) is 46.5 Å². The highest BCUT2D eigenvalue weighted by Crippen LogP contribution is 2.60. The zero-order valence-electron chi connectivity index (χ0n) is 18.6. The van der Waals surface area contributed by atoms with Crippen LogP contribution in [0.2, 0.25) is 0 Å². The van der Waals surface area contributed by atoms with E-state index in [2.05, 4.69) is 102 Å². The number of fused-ring (bicyclic) bond motifs is 8. The summed E-state index contributed by atoms with van der Waals surface area (Å²) in [6, 6.07) is 35.2. The van der Waals surface area contributed by atoms with Crippen LogP contribution in [0.15, 0.2) is 107 Å². The van der Waals surface area contributed by atoms with Gasteiger partial charge in [-0.15, -0.1) is 0 Å². The quantitative estimate of drug-likeness (QED) is 0.262. The Hall–Kier alpha value is -2.97. The van der Waals surface area contributed by atoms with Crippen molar-refractivity contribution in [3.63, 3.8) is 0 Å². The Morgan fingerprint density at radius 3 is 1.29 bits per heavy atom. The maximum absolute atomic E-state index is 3.67. The molecule has 0 bridgehead atoms. The molecular formula is C29H29NS. The SMILES string of the molecule is CC.CC.c1ccc2c(c1)Nc1ccccc1C21c2ccccc2Sc2ccccc21. The van der Waals surface area contributed by atoms with E-state index in [1.54, 1.807) is 0 Å². The predicted octanol–water partition coefficient (Wildman–Crippen LogP) is 8.64. The third-order valence-corrected chi connectivity index (χ3v) is 6.89. The first-order valence-electron chi connectivity index (χ1n) is 11.2. The second-order valence-corrected chi connectivity index (χ2v) is 8.14. The predicted molar refractivity (Wildman–Crippen MR) is 135 cm³/mol. The Balaban J connectivity index is 0.000000549. The normalized spacial score (nSPS) is 13.5. The molecule has 0 aliphatic carbocycles. The summed E-state index contributed by atoms with van der Waals surface area (Å²) in [5, 5.41) is 3.67. The van der Waals surface area contributed by atoms with Crippen molar-refractivity contribution in [1.82, 2.24) is 0 Å². The highest BCUT2D eigenvalue weighted by atomic mass is 32.2. The third-order valence-electron chi connectivity index (χ3n) is 5.73. The minimum Gasteiger partial charge on any atom is -0.355 e. The Morgan fingerprint density at radius 1 is 0.484 bits per heavy atom. The van der Waals surface area contributed by atoms with E-state index in [9.17, 15) is 0 Å². The molecular weight excluding hydrogens is 394 g/mol. The molecule has 2 heterocycles. The van der Waals surface area contributed by atoms with Crippen molar-refractivity contribution in [3.05, 3.63) is 119 Å². The van der Waals surface area contributed by atoms with Crippen molar-refractivity contribution < 1.29 is 0 Å². The number of benzene rings is 4. The highest BCUT2D eigenvalue weighted by molar-refractivity contribution is 7.99. The number of rotatable bonds is 0. The van der Waals surface area contributed by atoms with Gasteiger partial charge in [0.05, 0.1) is 5.41 Å². The van der Waals surface area contributed by atoms with Gasteiger partial charge in [-0.1, -0.05) is 112 Å². The molecule has 6 rings (SSSR count). The summed E-state index contributed by atoms with van der Waals surface area (Å²) in [5.74, 6) is 0. The highest BCUT2D eigenvalue weighted by Gasteiger charge is 2.48. The molecule has 4 aromatic carbocycles. The van der Waals surface area contributed by atoms with Gasteiger partial charge in [0.25, 0.3) is 0 Å². The van der Waals surface area contributed by atoms with Gasteiger partial charge in [-0.3, -0.25) is 0 Å². The van der Waals surface area contributed by atoms with Gasteiger partial charge in [0.15, 0.2) is 0 Å². The summed E-state index contributed by atoms with van der Waals surface area (Å²) in [5.41, 5.74) is 7.47. The number of hydrogen-bond donors (Lipinski definition) is 1. The molecule has 2 aliphatic heterocycles. The molecule has 0 aromatic heterocycles. The molecule has 0 amide bonds. The van der Waals surface area contributed by atoms with Crippen LogP contribution in [0.25, 0.3) is 0 Å². The van der Waals surface area contributed by atoms with Crippen LogP contribution in [0.5, 0.6) is 0 Å². The first kappa shape index (κ1) is 21.3. The number of hydrogen-bond acceptors (Lipinski definition) is 2. The average molecular weight is 424 g/mol. The lowest BCUT2D eigenvalue weighted by Gasteiger charge is -2.45. The van der Waals surface area contributed by atoms with E-state index < -0.39 is 0 Å². The number of para-hydroxylation sites is 2. The summed E-state index contributed by atoms with van der Waals surface area (Å²) in [7, 11) is 0. The van der Waals surface area contributed by atoms with Crippen molar-refractivity contribution in [2.24, 2.45) is 0 Å². The van der Waals surface area contributed by atoms with Crippen LogP contribution in [-0.2, 0) is 5.41 Å². The maximum atomic E-state index is 3.67. The molecule has 0 saturated carbocycles. The molecule has 2 aliphatic rings. The van der Waals surface area contributed by atoms with Gasteiger partial charge in [-0.2, -0.15) is 0 Å². The van der Waals surface area contributed by atoms with Gasteiger partial charge in [-0.25, -0.2) is 0 Å². The Kier molecular flexibility index (Phi) is 6.20. The van der Waals surface area contributed by atoms with Gasteiger partial charge in [0.2, 0.25) is 0 Å². The van der Waals surface area contributed by atoms with Crippen LogP contribution >= 0.6 is 11.8 Å². The van der Waals surface area contributed by atoms with Gasteiger partial charge in [0, 0.05) is 21.2 Å². The summed E-state index contributed by atoms with van der Waals surface area (Å²) >= 11 is 1.88. The first-order chi connectivity index (χ1) is 15.4. The molecule has 0 fully saturated rings. The zero-order valence-corrected chi connectivity index (χ0v) is 19.5. The molecule has 2 heteroatoms. The van der Waals surface area contributed by atoms with E-state index in [1.165, 1.54) is 43.4 Å². The van der Waals surface area contributed by atoms with Crippen LogP contribution < -0.4 is 5.32 Å². The van der Waals surface area contributed by atoms with E-state index in [1.807, 2.05) is 39.5 Å². The van der Waals surface area contributed by atoms with E-state index in [0.29, 0.717) is 0 Å². The Labute approximate surface area is 190 Å². The summed E-state index contributed by atoms with van der Waals surface area (Å²) in [6.45, 7) is 8.00. The largest absolute Gasteiger partial charge is 0.355 e. The molecule has 1 N–H and O–H groups in total. The first-order valence-corrected chi connectivity index (χ1v) is 12.0. The van der Waals surface area contributed by atoms with Crippen LogP contribution in [0.1, 0.15) is 49.9 Å². The number of anilines is 2. The van der Waals surface area contributed by atoms with Gasteiger partial charge < -0.3 is 5.32 Å². The lowest BCUT2D eigenvalue weighted by Crippen LogP contribution is -2.37. The fourth-order valence-corrected chi connectivity index (χ4v) is 5.90. The van der Waals surface area contributed by atoms with Crippen molar-refractivity contribution in [2.45, 2.75) is 42.9 Å². The second-order valence-electron chi connectivity index (χ2n) is 7.06. The van der Waals surface area contributed by atoms with Crippen molar-refractivity contribution in [2.75, 3.05) is 5.32 Å². The lowest BCUT2D eigenvalue weighted by molar-refractivity contribution is 0.699. The smallest absolute Gasteiger partial charge is 0.0763 e. The Morgan fingerprint density at radius 2 is 0.839 bits per heavy atom. The molecule has 4 aromatic rings. The molecule has 0 radical (unpaired) electrons. The van der Waals surface area contributed by atoms with E-state index in [4.69, 9.17) is 0 Å². The number of nitrogens with one attached hydrogen (secondary N) is 1. The van der Waals surface area contributed by atoms with Crippen molar-refractivity contribution in [1.29, 1.82) is 0 Å². The van der Waals surface area contributed by atoms with Crippen LogP contribution in [-0.4, -0.2) is 0 Å². The van der Waals surface area contributed by atoms with Crippen LogP contribution in [0.3, 0.4) is 0 Å². The van der Waals surface area contributed by atoms with Gasteiger partial charge >= 0.3 is 0 Å². The summed E-state index contributed by atoms with van der Waals surface area (Å²) in [4.78, 5) is 2.67. The minimum atomic E-state index is -0.295. The fourth-order valence-electron chi connectivity index (χ4n) is 4.70. The topological polar surface area (TPSA) is 12.0 Å². The molecule has 31 heavy (non-hydrogen) atoms. The van der Waals surface area contributed by atoms with Crippen molar-refractivity contribution in [3.8, 4) is 0 Å². The fraction of sp³-hybridized carbons (Fsp3) is 0.172. The van der Waals surface area contributed by atoms with Gasteiger partial charge in [0.1, 0.15) is 0 Å². The molecule has 156 valence electrons. The minimum absolute atomic E-state index is 0.295. The van der Waals surface area contributed by atoms with E-state index >= 15 is 0 Å². The van der Waals surface area contributed by atoms with Crippen molar-refractivity contribution >= 4 is 23.1 Å². The molecule has 1 nitrogen and oxygen atoms in total. The monoisotopic (exact) mass is 423 g/mol. The molecule has 1 spiro atoms. The lowest BCUT2D eigenvalue weighted by atomic mass is 9.62. The standard InChI is InChI=1S/C25H17NS.2C2H6/c1-5-13-21-17(9-1)25(18-10-2-6-14-22(18)26-21)19-11-3-7-15-23(19)27-24-16-8-4-12-20(24)25;2*1-2/h1-16,26H;2*1-2H3. The van der Waals surface area contributed by atoms with E-state index in [-0.39, 0.29) is 5.41 Å². The third kappa shape index (κ3) is 3.18. The zero-order chi connectivity index (χ0) is 21.8. The van der Waals surface area contributed by atoms with Crippen LogP contribution in [0, 0.1) is 0 Å². The summed E-state index contributed by atoms with van der Waals surface area (Å²) in [6.07, 6.45) is 0. The second kappa shape index (κ2) is 9.03. The maximum Gasteiger partial charge on any atom is 0.0763 e. The average Bonchev–Trinajstić information content (AvgIpc) is 2.86. The molecule has 0 unspecified atom stereocenters. The molecule has 0 atom stereocenters. The van der Waals surface area contributed by atoms with E-state index in [0.717, 1.165) is 0 Å². The molecule has 0 saturated heterocycles. The van der Waals surface area contributed by atoms with Crippen LogP contribution in [0.4, 0.5) is 11.4 Å². The summed E-state index contributed by atoms with van der Waals surface area (Å²) < 4.78 is 0. The Bertz CT molecular complexity index is 1000.